The van der Waals surface area contributed by atoms with Gasteiger partial charge in [-0.1, -0.05) is 35.9 Å². The van der Waals surface area contributed by atoms with E-state index in [1.54, 1.807) is 0 Å². The van der Waals surface area contributed by atoms with Crippen LogP contribution in [0.3, 0.4) is 0 Å². The molecule has 2 heterocycles. The highest BCUT2D eigenvalue weighted by Gasteiger charge is 2.18. The minimum absolute atomic E-state index is 0.701. The lowest BCUT2D eigenvalue weighted by molar-refractivity contribution is 0.107. The minimum atomic E-state index is 0.701. The maximum Gasteiger partial charge on any atom is 0.119 e. The molecule has 1 fully saturated rings. The lowest BCUT2D eigenvalue weighted by atomic mass is 10.1. The van der Waals surface area contributed by atoms with Crippen molar-refractivity contribution in [1.29, 1.82) is 0 Å². The van der Waals surface area contributed by atoms with Crippen LogP contribution in [-0.2, 0) is 13.1 Å². The largest absolute Gasteiger partial charge is 0.492 e. The zero-order chi connectivity index (χ0) is 22.3. The Morgan fingerprint density at radius 2 is 1.41 bits per heavy atom. The van der Waals surface area contributed by atoms with E-state index in [0.29, 0.717) is 6.61 Å². The van der Waals surface area contributed by atoms with E-state index in [0.717, 1.165) is 79.2 Å². The van der Waals surface area contributed by atoms with Crippen molar-refractivity contribution < 1.29 is 9.15 Å². The molecule has 5 nitrogen and oxygen atoms in total. The van der Waals surface area contributed by atoms with Crippen LogP contribution in [0.4, 0.5) is 0 Å². The van der Waals surface area contributed by atoms with Gasteiger partial charge in [0.1, 0.15) is 23.9 Å². The topological polar surface area (TPSA) is 32.1 Å². The third-order valence-corrected chi connectivity index (χ3v) is 5.99. The summed E-state index contributed by atoms with van der Waals surface area (Å²) in [6.07, 6.45) is 0. The highest BCUT2D eigenvalue weighted by molar-refractivity contribution is 6.30. The summed E-state index contributed by atoms with van der Waals surface area (Å²) < 4.78 is 11.9. The number of halogens is 1. The van der Waals surface area contributed by atoms with Crippen LogP contribution in [0.5, 0.6) is 5.75 Å². The van der Waals surface area contributed by atoms with Crippen molar-refractivity contribution in [2.75, 3.05) is 53.4 Å². The molecule has 1 aliphatic heterocycles. The third-order valence-electron chi connectivity index (χ3n) is 5.74. The maximum atomic E-state index is 5.98. The predicted molar refractivity (Wildman–Crippen MR) is 130 cm³/mol. The standard InChI is InChI=1S/C26H32ClN3O2/c1-28(2)19-25-11-12-26(32-25)20-30-15-13-29(14-16-30)17-18-31-24-9-5-22(6-10-24)21-3-7-23(27)8-4-21/h3-12H,13-20H2,1-2H3. The summed E-state index contributed by atoms with van der Waals surface area (Å²) in [6.45, 7) is 7.61. The molecule has 0 aliphatic carbocycles. The van der Waals surface area contributed by atoms with Gasteiger partial charge in [-0.25, -0.2) is 0 Å². The Balaban J connectivity index is 1.16. The monoisotopic (exact) mass is 453 g/mol. The lowest BCUT2D eigenvalue weighted by Crippen LogP contribution is -2.46. The summed E-state index contributed by atoms with van der Waals surface area (Å²) in [7, 11) is 4.11. The fourth-order valence-corrected chi connectivity index (χ4v) is 4.10. The maximum absolute atomic E-state index is 5.98. The van der Waals surface area contributed by atoms with Crippen LogP contribution in [-0.4, -0.2) is 68.1 Å². The fraction of sp³-hybridized carbons (Fsp3) is 0.385. The van der Waals surface area contributed by atoms with Gasteiger partial charge in [-0.15, -0.1) is 0 Å². The first kappa shape index (κ1) is 22.9. The molecule has 1 saturated heterocycles. The van der Waals surface area contributed by atoms with Crippen LogP contribution in [0.15, 0.2) is 65.1 Å². The van der Waals surface area contributed by atoms with E-state index >= 15 is 0 Å². The molecular formula is C26H32ClN3O2. The Morgan fingerprint density at radius 3 is 2.06 bits per heavy atom. The summed E-state index contributed by atoms with van der Waals surface area (Å²) in [5, 5.41) is 0.754. The second kappa shape index (κ2) is 11.0. The van der Waals surface area contributed by atoms with Crippen LogP contribution in [0, 0.1) is 0 Å². The fourth-order valence-electron chi connectivity index (χ4n) is 3.97. The normalized spacial score (nSPS) is 15.4. The molecule has 32 heavy (non-hydrogen) atoms. The quantitative estimate of drug-likeness (QED) is 0.462. The van der Waals surface area contributed by atoms with Gasteiger partial charge in [-0.05, 0) is 61.6 Å². The van der Waals surface area contributed by atoms with E-state index in [1.165, 1.54) is 0 Å². The zero-order valence-corrected chi connectivity index (χ0v) is 19.7. The molecule has 170 valence electrons. The number of hydrogen-bond donors (Lipinski definition) is 0. The number of benzene rings is 2. The Bertz CT molecular complexity index is 961. The summed E-state index contributed by atoms with van der Waals surface area (Å²) >= 11 is 5.97. The van der Waals surface area contributed by atoms with Gasteiger partial charge in [-0.3, -0.25) is 9.80 Å². The SMILES string of the molecule is CN(C)Cc1ccc(CN2CCN(CCOc3ccc(-c4ccc(Cl)cc4)cc3)CC2)o1. The van der Waals surface area contributed by atoms with Crippen LogP contribution in [0.1, 0.15) is 11.5 Å². The van der Waals surface area contributed by atoms with Gasteiger partial charge in [-0.2, -0.15) is 0 Å². The van der Waals surface area contributed by atoms with Gasteiger partial charge >= 0.3 is 0 Å². The van der Waals surface area contributed by atoms with E-state index in [-0.39, 0.29) is 0 Å². The first-order chi connectivity index (χ1) is 15.5. The van der Waals surface area contributed by atoms with E-state index in [2.05, 4.69) is 53.1 Å². The van der Waals surface area contributed by atoms with E-state index in [1.807, 2.05) is 36.4 Å². The molecule has 1 aromatic heterocycles. The Morgan fingerprint density at radius 1 is 0.812 bits per heavy atom. The second-order valence-corrected chi connectivity index (χ2v) is 9.04. The van der Waals surface area contributed by atoms with Crippen LogP contribution >= 0.6 is 11.6 Å². The summed E-state index contributed by atoms with van der Waals surface area (Å²) in [6, 6.07) is 20.4. The molecule has 6 heteroatoms. The van der Waals surface area contributed by atoms with Crippen LogP contribution in [0.25, 0.3) is 11.1 Å². The van der Waals surface area contributed by atoms with Crippen molar-refractivity contribution in [3.8, 4) is 16.9 Å². The molecule has 2 aromatic carbocycles. The van der Waals surface area contributed by atoms with E-state index in [4.69, 9.17) is 20.8 Å². The van der Waals surface area contributed by atoms with E-state index in [9.17, 15) is 0 Å². The average Bonchev–Trinajstić information content (AvgIpc) is 3.22. The Kier molecular flexibility index (Phi) is 7.87. The third kappa shape index (κ3) is 6.59. The van der Waals surface area contributed by atoms with Crippen molar-refractivity contribution in [2.24, 2.45) is 0 Å². The van der Waals surface area contributed by atoms with Crippen molar-refractivity contribution in [2.45, 2.75) is 13.1 Å². The molecular weight excluding hydrogens is 422 g/mol. The van der Waals surface area contributed by atoms with Crippen molar-refractivity contribution in [3.63, 3.8) is 0 Å². The minimum Gasteiger partial charge on any atom is -0.492 e. The number of hydrogen-bond acceptors (Lipinski definition) is 5. The molecule has 0 spiro atoms. The Labute approximate surface area is 196 Å². The Hall–Kier alpha value is -2.31. The van der Waals surface area contributed by atoms with Crippen LogP contribution < -0.4 is 4.74 Å². The number of nitrogens with zero attached hydrogens (tertiary/aromatic N) is 3. The van der Waals surface area contributed by atoms with Gasteiger partial charge in [0.2, 0.25) is 0 Å². The lowest BCUT2D eigenvalue weighted by Gasteiger charge is -2.34. The molecule has 0 unspecified atom stereocenters. The first-order valence-electron chi connectivity index (χ1n) is 11.2. The molecule has 0 amide bonds. The number of ether oxygens (including phenoxy) is 1. The van der Waals surface area contributed by atoms with Gasteiger partial charge in [0, 0.05) is 37.7 Å². The summed E-state index contributed by atoms with van der Waals surface area (Å²) in [5.41, 5.74) is 2.32. The molecule has 0 saturated carbocycles. The van der Waals surface area contributed by atoms with Crippen LogP contribution in [0.2, 0.25) is 5.02 Å². The number of piperazine rings is 1. The molecule has 3 aromatic rings. The predicted octanol–water partition coefficient (Wildman–Crippen LogP) is 4.86. The van der Waals surface area contributed by atoms with Gasteiger partial charge in [0.25, 0.3) is 0 Å². The number of rotatable bonds is 9. The summed E-state index contributed by atoms with van der Waals surface area (Å²) in [5.74, 6) is 3.00. The molecule has 1 aliphatic rings. The molecule has 4 rings (SSSR count). The van der Waals surface area contributed by atoms with E-state index < -0.39 is 0 Å². The molecule has 0 radical (unpaired) electrons. The zero-order valence-electron chi connectivity index (χ0n) is 19.0. The van der Waals surface area contributed by atoms with Crippen molar-refractivity contribution >= 4 is 11.6 Å². The molecule has 0 atom stereocenters. The van der Waals surface area contributed by atoms with Gasteiger partial charge in [0.05, 0.1) is 13.1 Å². The molecule has 0 bridgehead atoms. The van der Waals surface area contributed by atoms with Crippen molar-refractivity contribution in [3.05, 3.63) is 77.2 Å². The average molecular weight is 454 g/mol. The van der Waals surface area contributed by atoms with Crippen molar-refractivity contribution in [1.82, 2.24) is 14.7 Å². The smallest absolute Gasteiger partial charge is 0.119 e. The highest BCUT2D eigenvalue weighted by atomic mass is 35.5. The summed E-state index contributed by atoms with van der Waals surface area (Å²) in [4.78, 5) is 7.06. The molecule has 0 N–H and O–H groups in total. The highest BCUT2D eigenvalue weighted by Crippen LogP contribution is 2.24. The van der Waals surface area contributed by atoms with Gasteiger partial charge in [0.15, 0.2) is 0 Å². The first-order valence-corrected chi connectivity index (χ1v) is 11.6. The van der Waals surface area contributed by atoms with Gasteiger partial charge < -0.3 is 14.1 Å². The number of furan rings is 1. The second-order valence-electron chi connectivity index (χ2n) is 8.60.